The summed E-state index contributed by atoms with van der Waals surface area (Å²) in [4.78, 5) is 15.3. The van der Waals surface area contributed by atoms with Crippen molar-refractivity contribution in [3.63, 3.8) is 0 Å². The third-order valence-corrected chi connectivity index (χ3v) is 5.87. The summed E-state index contributed by atoms with van der Waals surface area (Å²) in [5, 5.41) is 4.91. The molecule has 2 heterocycles. The van der Waals surface area contributed by atoms with E-state index in [0.717, 1.165) is 54.0 Å². The minimum Gasteiger partial charge on any atom is -0.337 e. The molecule has 0 aliphatic carbocycles. The predicted octanol–water partition coefficient (Wildman–Crippen LogP) is 5.20. The SMILES string of the molecule is CCN1CC=C(c2cn(C(=O)NCCc3ccc(Cl)cc3)c3ccccc23)CC1. The van der Waals surface area contributed by atoms with Crippen LogP contribution in [-0.2, 0) is 6.42 Å². The maximum absolute atomic E-state index is 12.9. The van der Waals surface area contributed by atoms with Crippen molar-refractivity contribution >= 4 is 34.1 Å². The molecule has 0 atom stereocenters. The van der Waals surface area contributed by atoms with Gasteiger partial charge in [0.2, 0.25) is 0 Å². The van der Waals surface area contributed by atoms with E-state index in [1.165, 1.54) is 11.1 Å². The zero-order valence-corrected chi connectivity index (χ0v) is 17.5. The number of nitrogens with one attached hydrogen (secondary N) is 1. The number of fused-ring (bicyclic) bond motifs is 1. The number of rotatable bonds is 5. The number of nitrogens with zero attached hydrogens (tertiary/aromatic N) is 2. The van der Waals surface area contributed by atoms with Crippen molar-refractivity contribution in [3.8, 4) is 0 Å². The van der Waals surface area contributed by atoms with Gasteiger partial charge >= 0.3 is 6.03 Å². The quantitative estimate of drug-likeness (QED) is 0.630. The fraction of sp³-hybridized carbons (Fsp3) is 0.292. The molecule has 0 spiro atoms. The molecular weight excluding hydrogens is 382 g/mol. The van der Waals surface area contributed by atoms with Crippen molar-refractivity contribution in [2.45, 2.75) is 19.8 Å². The number of likely N-dealkylation sites (N-methyl/N-ethyl adjacent to an activating group) is 1. The van der Waals surface area contributed by atoms with E-state index in [0.29, 0.717) is 6.54 Å². The molecule has 0 unspecified atom stereocenters. The Morgan fingerprint density at radius 3 is 2.66 bits per heavy atom. The zero-order chi connectivity index (χ0) is 20.2. The Morgan fingerprint density at radius 1 is 1.14 bits per heavy atom. The molecule has 3 aromatic rings. The number of carbonyl (C=O) groups excluding carboxylic acids is 1. The molecular formula is C24H26ClN3O. The second kappa shape index (κ2) is 8.85. The predicted molar refractivity (Wildman–Crippen MR) is 121 cm³/mol. The summed E-state index contributed by atoms with van der Waals surface area (Å²) in [6.07, 6.45) is 6.08. The van der Waals surface area contributed by atoms with Crippen LogP contribution in [0.1, 0.15) is 24.5 Å². The Kier molecular flexibility index (Phi) is 6.02. The Morgan fingerprint density at radius 2 is 1.93 bits per heavy atom. The summed E-state index contributed by atoms with van der Waals surface area (Å²) < 4.78 is 1.75. The molecule has 4 rings (SSSR count). The van der Waals surface area contributed by atoms with Gasteiger partial charge in [-0.05, 0) is 48.7 Å². The molecule has 1 amide bonds. The van der Waals surface area contributed by atoms with Crippen LogP contribution in [0.4, 0.5) is 4.79 Å². The van der Waals surface area contributed by atoms with Gasteiger partial charge in [0.15, 0.2) is 0 Å². The highest BCUT2D eigenvalue weighted by Crippen LogP contribution is 2.30. The van der Waals surface area contributed by atoms with Crippen LogP contribution in [0.2, 0.25) is 5.02 Å². The standard InChI is InChI=1S/C24H26ClN3O/c1-2-27-15-12-19(13-16-27)22-17-28(23-6-4-3-5-21(22)23)24(29)26-14-11-18-7-9-20(25)10-8-18/h3-10,12,17H,2,11,13-16H2,1H3,(H,26,29). The zero-order valence-electron chi connectivity index (χ0n) is 16.7. The first kappa shape index (κ1) is 19.7. The molecule has 1 aliphatic heterocycles. The minimum absolute atomic E-state index is 0.0898. The van der Waals surface area contributed by atoms with Crippen LogP contribution < -0.4 is 5.32 Å². The van der Waals surface area contributed by atoms with E-state index in [9.17, 15) is 4.79 Å². The molecule has 29 heavy (non-hydrogen) atoms. The van der Waals surface area contributed by atoms with Gasteiger partial charge < -0.3 is 5.32 Å². The molecule has 5 heteroatoms. The van der Waals surface area contributed by atoms with Crippen LogP contribution in [0.25, 0.3) is 16.5 Å². The van der Waals surface area contributed by atoms with Gasteiger partial charge in [0.25, 0.3) is 0 Å². The lowest BCUT2D eigenvalue weighted by atomic mass is 9.99. The molecule has 0 bridgehead atoms. The largest absolute Gasteiger partial charge is 0.337 e. The number of amides is 1. The van der Waals surface area contributed by atoms with E-state index in [1.807, 2.05) is 48.7 Å². The maximum Gasteiger partial charge on any atom is 0.326 e. The molecule has 150 valence electrons. The van der Waals surface area contributed by atoms with Gasteiger partial charge in [-0.3, -0.25) is 9.47 Å². The van der Waals surface area contributed by atoms with Gasteiger partial charge in [-0.1, -0.05) is 54.9 Å². The molecule has 0 fully saturated rings. The van der Waals surface area contributed by atoms with E-state index in [-0.39, 0.29) is 6.03 Å². The van der Waals surface area contributed by atoms with Crippen molar-refractivity contribution in [1.29, 1.82) is 0 Å². The number of para-hydroxylation sites is 1. The summed E-state index contributed by atoms with van der Waals surface area (Å²) in [5.74, 6) is 0. The first-order valence-electron chi connectivity index (χ1n) is 10.2. The first-order chi connectivity index (χ1) is 14.2. The topological polar surface area (TPSA) is 37.3 Å². The number of aromatic nitrogens is 1. The van der Waals surface area contributed by atoms with Gasteiger partial charge in [0.1, 0.15) is 0 Å². The molecule has 0 radical (unpaired) electrons. The summed E-state index contributed by atoms with van der Waals surface area (Å²) in [7, 11) is 0. The van der Waals surface area contributed by atoms with Crippen molar-refractivity contribution < 1.29 is 4.79 Å². The van der Waals surface area contributed by atoms with Crippen LogP contribution in [0, 0.1) is 0 Å². The van der Waals surface area contributed by atoms with Crippen LogP contribution in [0.15, 0.2) is 60.8 Å². The summed E-state index contributed by atoms with van der Waals surface area (Å²) >= 11 is 5.93. The van der Waals surface area contributed by atoms with Crippen molar-refractivity contribution in [1.82, 2.24) is 14.8 Å². The number of hydrogen-bond acceptors (Lipinski definition) is 2. The Hall–Kier alpha value is -2.56. The Labute approximate surface area is 176 Å². The average molecular weight is 408 g/mol. The fourth-order valence-electron chi connectivity index (χ4n) is 3.90. The second-order valence-electron chi connectivity index (χ2n) is 7.41. The van der Waals surface area contributed by atoms with Gasteiger partial charge in [0.05, 0.1) is 5.52 Å². The summed E-state index contributed by atoms with van der Waals surface area (Å²) in [5.41, 5.74) is 4.61. The van der Waals surface area contributed by atoms with Crippen molar-refractivity contribution in [2.75, 3.05) is 26.2 Å². The van der Waals surface area contributed by atoms with Gasteiger partial charge in [-0.15, -0.1) is 0 Å². The van der Waals surface area contributed by atoms with E-state index >= 15 is 0 Å². The maximum atomic E-state index is 12.9. The monoisotopic (exact) mass is 407 g/mol. The molecule has 2 aromatic carbocycles. The van der Waals surface area contributed by atoms with Crippen LogP contribution in [-0.4, -0.2) is 41.7 Å². The lowest BCUT2D eigenvalue weighted by molar-refractivity contribution is 0.243. The number of hydrogen-bond donors (Lipinski definition) is 1. The average Bonchev–Trinajstić information content (AvgIpc) is 3.15. The third kappa shape index (κ3) is 4.39. The van der Waals surface area contributed by atoms with Crippen molar-refractivity contribution in [2.24, 2.45) is 0 Å². The Bertz CT molecular complexity index is 1040. The molecule has 1 aromatic heterocycles. The molecule has 4 nitrogen and oxygen atoms in total. The number of benzene rings is 2. The number of halogens is 1. The van der Waals surface area contributed by atoms with Gasteiger partial charge in [-0.25, -0.2) is 4.79 Å². The summed E-state index contributed by atoms with van der Waals surface area (Å²) in [6.45, 7) is 5.88. The molecule has 0 saturated heterocycles. The van der Waals surface area contributed by atoms with E-state index in [4.69, 9.17) is 11.6 Å². The van der Waals surface area contributed by atoms with Crippen LogP contribution in [0.5, 0.6) is 0 Å². The summed E-state index contributed by atoms with van der Waals surface area (Å²) in [6, 6.07) is 15.8. The fourth-order valence-corrected chi connectivity index (χ4v) is 4.02. The normalized spacial score (nSPS) is 14.8. The van der Waals surface area contributed by atoms with Gasteiger partial charge in [0, 0.05) is 41.8 Å². The van der Waals surface area contributed by atoms with Crippen LogP contribution in [0.3, 0.4) is 0 Å². The van der Waals surface area contributed by atoms with Crippen LogP contribution >= 0.6 is 11.6 Å². The highest BCUT2D eigenvalue weighted by atomic mass is 35.5. The molecule has 1 N–H and O–H groups in total. The van der Waals surface area contributed by atoms with E-state index in [1.54, 1.807) is 4.57 Å². The lowest BCUT2D eigenvalue weighted by Gasteiger charge is -2.24. The highest BCUT2D eigenvalue weighted by Gasteiger charge is 2.18. The number of carbonyl (C=O) groups is 1. The minimum atomic E-state index is -0.0898. The lowest BCUT2D eigenvalue weighted by Crippen LogP contribution is -2.29. The Balaban J connectivity index is 1.52. The molecule has 1 aliphatic rings. The smallest absolute Gasteiger partial charge is 0.326 e. The highest BCUT2D eigenvalue weighted by molar-refractivity contribution is 6.30. The first-order valence-corrected chi connectivity index (χ1v) is 10.6. The van der Waals surface area contributed by atoms with Crippen molar-refractivity contribution in [3.05, 3.63) is 77.0 Å². The van der Waals surface area contributed by atoms with E-state index in [2.05, 4.69) is 29.3 Å². The van der Waals surface area contributed by atoms with E-state index < -0.39 is 0 Å². The second-order valence-corrected chi connectivity index (χ2v) is 7.85. The van der Waals surface area contributed by atoms with Gasteiger partial charge in [-0.2, -0.15) is 0 Å². The molecule has 0 saturated carbocycles. The third-order valence-electron chi connectivity index (χ3n) is 5.62.